The molecular weight excluding hydrogens is 186 g/mol. The number of nitrogens with zero attached hydrogens (tertiary/aromatic N) is 1. The van der Waals surface area contributed by atoms with Crippen molar-refractivity contribution in [2.24, 2.45) is 4.99 Å². The van der Waals surface area contributed by atoms with Crippen molar-refractivity contribution in [1.29, 1.82) is 0 Å². The predicted molar refractivity (Wildman–Crippen MR) is 61.0 cm³/mol. The minimum atomic E-state index is 0.959. The molecule has 15 heavy (non-hydrogen) atoms. The number of rotatable bonds is 0. The second kappa shape index (κ2) is 2.28. The Balaban J connectivity index is 2.43. The van der Waals surface area contributed by atoms with Crippen molar-refractivity contribution in [3.8, 4) is 0 Å². The lowest BCUT2D eigenvalue weighted by Crippen LogP contribution is -1.78. The van der Waals surface area contributed by atoms with E-state index in [0.29, 0.717) is 0 Å². The largest absolute Gasteiger partial charge is 0.464 e. The van der Waals surface area contributed by atoms with E-state index in [1.807, 2.05) is 18.3 Å². The Bertz CT molecular complexity index is 722. The summed E-state index contributed by atoms with van der Waals surface area (Å²) in [7, 11) is 0. The molecule has 0 saturated heterocycles. The second-order valence-electron chi connectivity index (χ2n) is 3.76. The maximum atomic E-state index is 5.51. The van der Waals surface area contributed by atoms with E-state index in [0.717, 1.165) is 22.0 Å². The Morgan fingerprint density at radius 3 is 3.13 bits per heavy atom. The van der Waals surface area contributed by atoms with Gasteiger partial charge in [0.25, 0.3) is 0 Å². The summed E-state index contributed by atoms with van der Waals surface area (Å²) in [4.78, 5) is 4.41. The van der Waals surface area contributed by atoms with Gasteiger partial charge in [0, 0.05) is 27.9 Å². The van der Waals surface area contributed by atoms with E-state index in [4.69, 9.17) is 4.42 Å². The smallest absolute Gasteiger partial charge is 0.141 e. The van der Waals surface area contributed by atoms with Crippen LogP contribution < -0.4 is 0 Å². The van der Waals surface area contributed by atoms with Gasteiger partial charge in [0.2, 0.25) is 0 Å². The van der Waals surface area contributed by atoms with E-state index in [2.05, 4.69) is 23.2 Å². The molecule has 2 nitrogen and oxygen atoms in total. The van der Waals surface area contributed by atoms with Gasteiger partial charge < -0.3 is 4.42 Å². The summed E-state index contributed by atoms with van der Waals surface area (Å²) >= 11 is 0. The minimum absolute atomic E-state index is 0.959. The number of fused-ring (bicyclic) bond motifs is 2. The maximum absolute atomic E-state index is 5.51. The molecule has 1 aromatic heterocycles. The summed E-state index contributed by atoms with van der Waals surface area (Å²) in [5.41, 5.74) is 3.19. The number of aliphatic imine (C=N–C) groups is 1. The highest BCUT2D eigenvalue weighted by Gasteiger charge is 2.14. The molecule has 3 aromatic rings. The highest BCUT2D eigenvalue weighted by atomic mass is 16.3. The van der Waals surface area contributed by atoms with Gasteiger partial charge >= 0.3 is 0 Å². The first-order valence-electron chi connectivity index (χ1n) is 4.90. The quantitative estimate of drug-likeness (QED) is 0.418. The first kappa shape index (κ1) is 7.23. The zero-order chi connectivity index (χ0) is 9.83. The van der Waals surface area contributed by atoms with Crippen molar-refractivity contribution in [1.82, 2.24) is 0 Å². The van der Waals surface area contributed by atoms with Crippen LogP contribution in [0, 0.1) is 0 Å². The summed E-state index contributed by atoms with van der Waals surface area (Å²) in [5, 5.41) is 3.48. The third-order valence-electron chi connectivity index (χ3n) is 2.93. The monoisotopic (exact) mass is 193 g/mol. The molecule has 0 fully saturated rings. The highest BCUT2D eigenvalue weighted by molar-refractivity contribution is 6.18. The lowest BCUT2D eigenvalue weighted by molar-refractivity contribution is 0.619. The van der Waals surface area contributed by atoms with E-state index in [1.54, 1.807) is 6.26 Å². The summed E-state index contributed by atoms with van der Waals surface area (Å²) in [6.07, 6.45) is 3.64. The van der Waals surface area contributed by atoms with Crippen molar-refractivity contribution in [2.45, 2.75) is 0 Å². The molecule has 0 radical (unpaired) electrons. The van der Waals surface area contributed by atoms with Crippen molar-refractivity contribution in [3.63, 3.8) is 0 Å². The fraction of sp³-hybridized carbons (Fsp3) is 0. The van der Waals surface area contributed by atoms with Gasteiger partial charge in [0.1, 0.15) is 5.58 Å². The van der Waals surface area contributed by atoms with Gasteiger partial charge in [-0.15, -0.1) is 0 Å². The number of hydrogen-bond donors (Lipinski definition) is 0. The Labute approximate surface area is 85.8 Å². The Morgan fingerprint density at radius 2 is 2.13 bits per heavy atom. The fourth-order valence-electron chi connectivity index (χ4n) is 2.26. The van der Waals surface area contributed by atoms with Crippen LogP contribution in [0.5, 0.6) is 0 Å². The molecule has 0 spiro atoms. The minimum Gasteiger partial charge on any atom is -0.464 e. The lowest BCUT2D eigenvalue weighted by Gasteiger charge is -2.00. The molecule has 2 heterocycles. The van der Waals surface area contributed by atoms with Crippen molar-refractivity contribution >= 4 is 33.6 Å². The second-order valence-corrected chi connectivity index (χ2v) is 3.76. The number of benzene rings is 2. The van der Waals surface area contributed by atoms with Gasteiger partial charge in [-0.05, 0) is 12.1 Å². The van der Waals surface area contributed by atoms with E-state index < -0.39 is 0 Å². The van der Waals surface area contributed by atoms with Crippen LogP contribution in [0.25, 0.3) is 21.7 Å². The molecule has 0 N–H and O–H groups in total. The number of furan rings is 1. The van der Waals surface area contributed by atoms with Crippen LogP contribution in [-0.4, -0.2) is 6.21 Å². The third-order valence-corrected chi connectivity index (χ3v) is 2.93. The topological polar surface area (TPSA) is 25.5 Å². The fourth-order valence-corrected chi connectivity index (χ4v) is 2.26. The lowest BCUT2D eigenvalue weighted by atomic mass is 10.0. The summed E-state index contributed by atoms with van der Waals surface area (Å²) < 4.78 is 5.51. The van der Waals surface area contributed by atoms with E-state index >= 15 is 0 Å². The van der Waals surface area contributed by atoms with Crippen molar-refractivity contribution < 1.29 is 4.42 Å². The van der Waals surface area contributed by atoms with Crippen LogP contribution in [0.3, 0.4) is 0 Å². The van der Waals surface area contributed by atoms with Gasteiger partial charge in [-0.1, -0.05) is 18.2 Å². The molecule has 70 valence electrons. The molecule has 2 aromatic carbocycles. The summed E-state index contributed by atoms with van der Waals surface area (Å²) in [6, 6.07) is 10.3. The Kier molecular flexibility index (Phi) is 1.10. The molecule has 0 saturated carbocycles. The zero-order valence-electron chi connectivity index (χ0n) is 7.90. The maximum Gasteiger partial charge on any atom is 0.141 e. The molecule has 2 heteroatoms. The Morgan fingerprint density at radius 1 is 1.13 bits per heavy atom. The van der Waals surface area contributed by atoms with Crippen LogP contribution >= 0.6 is 0 Å². The standard InChI is InChI=1S/C13H7NO/c1-2-9-7-14-11-6-8-4-5-15-13(8)10(3-1)12(9)11/h1-7H. The molecule has 0 bridgehead atoms. The first-order chi connectivity index (χ1) is 7.43. The van der Waals surface area contributed by atoms with E-state index in [-0.39, 0.29) is 0 Å². The first-order valence-corrected chi connectivity index (χ1v) is 4.90. The highest BCUT2D eigenvalue weighted by Crippen LogP contribution is 2.38. The molecular formula is C13H7NO. The molecule has 0 amide bonds. The van der Waals surface area contributed by atoms with Crippen LogP contribution in [-0.2, 0) is 0 Å². The average molecular weight is 193 g/mol. The van der Waals surface area contributed by atoms with Crippen LogP contribution in [0.2, 0.25) is 0 Å². The van der Waals surface area contributed by atoms with Crippen LogP contribution in [0.1, 0.15) is 5.56 Å². The third kappa shape index (κ3) is 0.773. The van der Waals surface area contributed by atoms with Gasteiger partial charge in [0.05, 0.1) is 12.0 Å². The predicted octanol–water partition coefficient (Wildman–Crippen LogP) is 3.65. The van der Waals surface area contributed by atoms with Gasteiger partial charge in [-0.25, -0.2) is 0 Å². The Hall–Kier alpha value is -2.09. The van der Waals surface area contributed by atoms with Crippen LogP contribution in [0.15, 0.2) is 46.0 Å². The molecule has 0 unspecified atom stereocenters. The normalized spacial score (nSPS) is 13.1. The van der Waals surface area contributed by atoms with Gasteiger partial charge in [-0.2, -0.15) is 0 Å². The van der Waals surface area contributed by atoms with E-state index in [9.17, 15) is 0 Å². The molecule has 0 aliphatic carbocycles. The van der Waals surface area contributed by atoms with Crippen molar-refractivity contribution in [3.05, 3.63) is 42.2 Å². The van der Waals surface area contributed by atoms with Gasteiger partial charge in [-0.3, -0.25) is 4.99 Å². The molecule has 1 aliphatic heterocycles. The average Bonchev–Trinajstić information content (AvgIpc) is 2.87. The molecule has 0 atom stereocenters. The summed E-state index contributed by atoms with van der Waals surface area (Å²) in [6.45, 7) is 0. The zero-order valence-corrected chi connectivity index (χ0v) is 7.90. The summed E-state index contributed by atoms with van der Waals surface area (Å²) in [5.74, 6) is 0. The van der Waals surface area contributed by atoms with Crippen LogP contribution in [0.4, 0.5) is 5.69 Å². The van der Waals surface area contributed by atoms with Gasteiger partial charge in [0.15, 0.2) is 0 Å². The SMILES string of the molecule is C1=Nc2cc3ccoc3c3cccc1c23. The van der Waals surface area contributed by atoms with E-state index in [1.165, 1.54) is 10.9 Å². The van der Waals surface area contributed by atoms with Crippen molar-refractivity contribution in [2.75, 3.05) is 0 Å². The molecule has 4 rings (SSSR count). The number of hydrogen-bond acceptors (Lipinski definition) is 2. The molecule has 1 aliphatic rings.